The number of hydrogen-bond donors (Lipinski definition) is 2. The van der Waals surface area contributed by atoms with Gasteiger partial charge >= 0.3 is 0 Å². The van der Waals surface area contributed by atoms with Crippen molar-refractivity contribution in [3.05, 3.63) is 83.9 Å². The van der Waals surface area contributed by atoms with E-state index in [-0.39, 0.29) is 23.3 Å². The molecule has 0 radical (unpaired) electrons. The standard InChI is InChI=1S/C26H18N6O2S2/c27-13-17-5-3-7-19(11-17)29-23(33)15-35-25-26(32-22-10-2-1-9-21(22)31-25)36-16-24(34)30-20-8-4-6-18(12-20)14-28/h1-12H,15-16H2,(H,29,33)(H,30,34). The van der Waals surface area contributed by atoms with Crippen molar-refractivity contribution in [3.63, 3.8) is 0 Å². The summed E-state index contributed by atoms with van der Waals surface area (Å²) in [6, 6.07) is 24.8. The molecule has 4 aromatic rings. The van der Waals surface area contributed by atoms with Crippen molar-refractivity contribution in [1.29, 1.82) is 10.5 Å². The lowest BCUT2D eigenvalue weighted by Gasteiger charge is -2.10. The summed E-state index contributed by atoms with van der Waals surface area (Å²) in [5.74, 6) is -0.359. The second-order valence-corrected chi connectivity index (χ2v) is 9.31. The number of fused-ring (bicyclic) bond motifs is 1. The molecule has 4 rings (SSSR count). The van der Waals surface area contributed by atoms with E-state index in [9.17, 15) is 9.59 Å². The molecule has 0 atom stereocenters. The van der Waals surface area contributed by atoms with Crippen LogP contribution in [-0.4, -0.2) is 33.3 Å². The molecule has 1 aromatic heterocycles. The van der Waals surface area contributed by atoms with Crippen molar-refractivity contribution in [2.75, 3.05) is 22.1 Å². The number of carbonyl (C=O) groups excluding carboxylic acids is 2. The summed E-state index contributed by atoms with van der Waals surface area (Å²) in [4.78, 5) is 34.4. The minimum atomic E-state index is -0.254. The fraction of sp³-hybridized carbons (Fsp3) is 0.0769. The molecule has 0 fully saturated rings. The molecule has 0 spiro atoms. The minimum absolute atomic E-state index is 0.0739. The van der Waals surface area contributed by atoms with Crippen LogP contribution >= 0.6 is 23.5 Å². The number of nitrogens with one attached hydrogen (secondary N) is 2. The zero-order chi connectivity index (χ0) is 25.3. The van der Waals surface area contributed by atoms with Gasteiger partial charge in [0, 0.05) is 11.4 Å². The number of para-hydroxylation sites is 2. The van der Waals surface area contributed by atoms with Gasteiger partial charge in [0.25, 0.3) is 0 Å². The van der Waals surface area contributed by atoms with Crippen LogP contribution in [0.15, 0.2) is 82.8 Å². The normalized spacial score (nSPS) is 10.3. The first kappa shape index (κ1) is 24.7. The number of anilines is 2. The maximum atomic E-state index is 12.5. The molecule has 8 nitrogen and oxygen atoms in total. The lowest BCUT2D eigenvalue weighted by molar-refractivity contribution is -0.114. The largest absolute Gasteiger partial charge is 0.325 e. The number of amides is 2. The van der Waals surface area contributed by atoms with Crippen molar-refractivity contribution in [2.45, 2.75) is 10.1 Å². The first-order chi connectivity index (χ1) is 17.5. The third kappa shape index (κ3) is 6.60. The van der Waals surface area contributed by atoms with Gasteiger partial charge in [-0.15, -0.1) is 0 Å². The topological polar surface area (TPSA) is 132 Å². The molecule has 1 heterocycles. The van der Waals surface area contributed by atoms with Gasteiger partial charge in [0.2, 0.25) is 11.8 Å². The number of rotatable bonds is 8. The summed E-state index contributed by atoms with van der Waals surface area (Å²) in [6.07, 6.45) is 0. The highest BCUT2D eigenvalue weighted by atomic mass is 32.2. The van der Waals surface area contributed by atoms with Crippen LogP contribution in [0.25, 0.3) is 11.0 Å². The van der Waals surface area contributed by atoms with Gasteiger partial charge in [0.1, 0.15) is 10.1 Å². The summed E-state index contributed by atoms with van der Waals surface area (Å²) >= 11 is 2.44. The number of benzene rings is 3. The van der Waals surface area contributed by atoms with Gasteiger partial charge in [-0.2, -0.15) is 10.5 Å². The van der Waals surface area contributed by atoms with E-state index in [1.807, 2.05) is 36.4 Å². The number of nitrogens with zero attached hydrogens (tertiary/aromatic N) is 4. The van der Waals surface area contributed by atoms with Gasteiger partial charge in [-0.1, -0.05) is 47.8 Å². The number of hydrogen-bond acceptors (Lipinski definition) is 8. The van der Waals surface area contributed by atoms with Gasteiger partial charge in [0.05, 0.1) is 45.8 Å². The number of nitriles is 2. The highest BCUT2D eigenvalue weighted by molar-refractivity contribution is 8.02. The SMILES string of the molecule is N#Cc1cccc(NC(=O)CSc2nc3ccccc3nc2SCC(=O)Nc2cccc(C#N)c2)c1. The number of carbonyl (C=O) groups is 2. The fourth-order valence-electron chi connectivity index (χ4n) is 3.15. The van der Waals surface area contributed by atoms with Gasteiger partial charge in [-0.05, 0) is 48.5 Å². The van der Waals surface area contributed by atoms with Crippen molar-refractivity contribution in [2.24, 2.45) is 0 Å². The maximum absolute atomic E-state index is 12.5. The Morgan fingerprint density at radius 1 is 0.694 bits per heavy atom. The molecular formula is C26H18N6O2S2. The molecule has 3 aromatic carbocycles. The lowest BCUT2D eigenvalue weighted by Crippen LogP contribution is -2.15. The van der Waals surface area contributed by atoms with Crippen molar-refractivity contribution < 1.29 is 9.59 Å². The quantitative estimate of drug-likeness (QED) is 0.322. The van der Waals surface area contributed by atoms with Crippen LogP contribution in [0.5, 0.6) is 0 Å². The molecule has 10 heteroatoms. The summed E-state index contributed by atoms with van der Waals surface area (Å²) in [5.41, 5.74) is 3.36. The zero-order valence-electron chi connectivity index (χ0n) is 18.8. The Bertz CT molecular complexity index is 1410. The van der Waals surface area contributed by atoms with Gasteiger partial charge < -0.3 is 10.6 Å². The Kier molecular flexibility index (Phi) is 8.14. The Balaban J connectivity index is 1.45. The second-order valence-electron chi connectivity index (χ2n) is 7.38. The smallest absolute Gasteiger partial charge is 0.234 e. The summed E-state index contributed by atoms with van der Waals surface area (Å²) in [7, 11) is 0. The molecule has 0 aliphatic carbocycles. The third-order valence-electron chi connectivity index (χ3n) is 4.74. The minimum Gasteiger partial charge on any atom is -0.325 e. The van der Waals surface area contributed by atoms with Gasteiger partial charge in [0.15, 0.2) is 0 Å². The average Bonchev–Trinajstić information content (AvgIpc) is 2.90. The summed E-state index contributed by atoms with van der Waals surface area (Å²) < 4.78 is 0. The molecule has 2 N–H and O–H groups in total. The highest BCUT2D eigenvalue weighted by Gasteiger charge is 2.15. The van der Waals surface area contributed by atoms with Crippen LogP contribution in [0.2, 0.25) is 0 Å². The molecule has 0 bridgehead atoms. The average molecular weight is 511 g/mol. The van der Waals surface area contributed by atoms with E-state index in [0.29, 0.717) is 43.6 Å². The molecule has 0 unspecified atom stereocenters. The molecule has 2 amide bonds. The van der Waals surface area contributed by atoms with Crippen LogP contribution in [0, 0.1) is 22.7 Å². The first-order valence-electron chi connectivity index (χ1n) is 10.7. The fourth-order valence-corrected chi connectivity index (χ4v) is 4.85. The maximum Gasteiger partial charge on any atom is 0.234 e. The predicted octanol–water partition coefficient (Wildman–Crippen LogP) is 4.83. The molecule has 0 saturated heterocycles. The molecule has 0 aliphatic heterocycles. The van der Waals surface area contributed by atoms with Crippen molar-refractivity contribution >= 4 is 57.7 Å². The van der Waals surface area contributed by atoms with E-state index in [1.54, 1.807) is 48.5 Å². The van der Waals surface area contributed by atoms with E-state index < -0.39 is 0 Å². The predicted molar refractivity (Wildman–Crippen MR) is 141 cm³/mol. The van der Waals surface area contributed by atoms with Crippen LogP contribution in [0.3, 0.4) is 0 Å². The van der Waals surface area contributed by atoms with Crippen molar-refractivity contribution in [3.8, 4) is 12.1 Å². The Morgan fingerprint density at radius 3 is 1.56 bits per heavy atom. The van der Waals surface area contributed by atoms with E-state index in [2.05, 4.69) is 20.6 Å². The van der Waals surface area contributed by atoms with E-state index in [0.717, 1.165) is 0 Å². The summed E-state index contributed by atoms with van der Waals surface area (Å²) in [5, 5.41) is 24.7. The zero-order valence-corrected chi connectivity index (χ0v) is 20.4. The van der Waals surface area contributed by atoms with Crippen LogP contribution < -0.4 is 10.6 Å². The highest BCUT2D eigenvalue weighted by Crippen LogP contribution is 2.30. The van der Waals surface area contributed by atoms with Gasteiger partial charge in [-0.25, -0.2) is 9.97 Å². The molecule has 0 aliphatic rings. The van der Waals surface area contributed by atoms with Crippen molar-refractivity contribution in [1.82, 2.24) is 9.97 Å². The van der Waals surface area contributed by atoms with Gasteiger partial charge in [-0.3, -0.25) is 9.59 Å². The summed E-state index contributed by atoms with van der Waals surface area (Å²) in [6.45, 7) is 0. The third-order valence-corrected chi connectivity index (χ3v) is 6.80. The Labute approximate surface area is 215 Å². The second kappa shape index (κ2) is 11.8. The molecule has 36 heavy (non-hydrogen) atoms. The van der Waals surface area contributed by atoms with Crippen LogP contribution in [0.4, 0.5) is 11.4 Å². The number of thioether (sulfide) groups is 2. The van der Waals surface area contributed by atoms with E-state index >= 15 is 0 Å². The van der Waals surface area contributed by atoms with Crippen LogP contribution in [-0.2, 0) is 9.59 Å². The molecular weight excluding hydrogens is 492 g/mol. The number of aromatic nitrogens is 2. The van der Waals surface area contributed by atoms with E-state index in [4.69, 9.17) is 10.5 Å². The monoisotopic (exact) mass is 510 g/mol. The molecule has 176 valence electrons. The Hall–Kier alpha value is -4.38. The first-order valence-corrected chi connectivity index (χ1v) is 12.6. The Morgan fingerprint density at radius 2 is 1.14 bits per heavy atom. The van der Waals surface area contributed by atoms with Crippen LogP contribution in [0.1, 0.15) is 11.1 Å². The van der Waals surface area contributed by atoms with E-state index in [1.165, 1.54) is 23.5 Å². The lowest BCUT2D eigenvalue weighted by atomic mass is 10.2. The molecule has 0 saturated carbocycles.